The van der Waals surface area contributed by atoms with E-state index in [1.165, 1.54) is 13.8 Å². The van der Waals surface area contributed by atoms with E-state index in [9.17, 15) is 14.4 Å². The normalized spacial score (nSPS) is 21.6. The van der Waals surface area contributed by atoms with Crippen molar-refractivity contribution >= 4 is 18.0 Å². The minimum Gasteiger partial charge on any atom is -0.463 e. The number of benzene rings is 1. The highest BCUT2D eigenvalue weighted by molar-refractivity contribution is 5.91. The van der Waals surface area contributed by atoms with Gasteiger partial charge in [0.25, 0.3) is 0 Å². The van der Waals surface area contributed by atoms with Gasteiger partial charge in [-0.1, -0.05) is 30.3 Å². The lowest BCUT2D eigenvalue weighted by Gasteiger charge is -2.40. The molecule has 0 saturated carbocycles. The molecule has 0 aromatic heterocycles. The SMILES string of the molecule is CC(=O)OC[C@H]1[CH][CH][C@@H](N(C(C)=O)C(=O)OC(C)(C)C)[C@H](OCc2ccccc2)O1. The first-order chi connectivity index (χ1) is 14.1. The smallest absolute Gasteiger partial charge is 0.417 e. The van der Waals surface area contributed by atoms with E-state index in [4.69, 9.17) is 18.9 Å². The van der Waals surface area contributed by atoms with Gasteiger partial charge in [-0.05, 0) is 39.2 Å². The molecule has 0 unspecified atom stereocenters. The predicted octanol–water partition coefficient (Wildman–Crippen LogP) is 3.05. The zero-order valence-electron chi connectivity index (χ0n) is 18.0. The summed E-state index contributed by atoms with van der Waals surface area (Å²) in [5.74, 6) is -0.941. The van der Waals surface area contributed by atoms with Gasteiger partial charge in [0.15, 0.2) is 6.29 Å². The second kappa shape index (κ2) is 10.5. The summed E-state index contributed by atoms with van der Waals surface area (Å²) in [5.41, 5.74) is 0.125. The number of amides is 2. The summed E-state index contributed by atoms with van der Waals surface area (Å²) >= 11 is 0. The van der Waals surface area contributed by atoms with Crippen LogP contribution in [0.1, 0.15) is 40.2 Å². The van der Waals surface area contributed by atoms with E-state index in [-0.39, 0.29) is 13.2 Å². The number of esters is 1. The summed E-state index contributed by atoms with van der Waals surface area (Å²) in [7, 11) is 0. The molecule has 30 heavy (non-hydrogen) atoms. The standard InChI is InChI=1S/C22H29NO7/c1-15(24)23(21(26)30-22(3,4)5)19-12-11-18(14-27-16(2)25)29-20(19)28-13-17-9-7-6-8-10-17/h6-12,18-20H,13-14H2,1-5H3/t18-,19-,20-/m1/s1. The molecular weight excluding hydrogens is 390 g/mol. The molecule has 1 aliphatic rings. The molecule has 1 saturated heterocycles. The summed E-state index contributed by atoms with van der Waals surface area (Å²) in [5, 5.41) is 0. The molecule has 3 atom stereocenters. The maximum absolute atomic E-state index is 12.7. The third-order valence-electron chi connectivity index (χ3n) is 4.05. The van der Waals surface area contributed by atoms with Crippen LogP contribution in [0.4, 0.5) is 4.79 Å². The average Bonchev–Trinajstić information content (AvgIpc) is 2.65. The van der Waals surface area contributed by atoms with E-state index in [2.05, 4.69) is 0 Å². The number of ether oxygens (including phenoxy) is 4. The zero-order chi connectivity index (χ0) is 22.3. The van der Waals surface area contributed by atoms with Gasteiger partial charge in [0, 0.05) is 13.8 Å². The molecule has 2 rings (SSSR count). The Morgan fingerprint density at radius 2 is 1.73 bits per heavy atom. The van der Waals surface area contributed by atoms with Gasteiger partial charge in [-0.15, -0.1) is 0 Å². The molecule has 1 heterocycles. The Hall–Kier alpha value is -2.45. The van der Waals surface area contributed by atoms with Crippen molar-refractivity contribution < 1.29 is 33.3 Å². The summed E-state index contributed by atoms with van der Waals surface area (Å²) in [6.45, 7) is 7.93. The van der Waals surface area contributed by atoms with Crippen molar-refractivity contribution in [3.8, 4) is 0 Å². The van der Waals surface area contributed by atoms with E-state index < -0.39 is 42.0 Å². The highest BCUT2D eigenvalue weighted by Crippen LogP contribution is 2.26. The number of imide groups is 1. The van der Waals surface area contributed by atoms with E-state index in [1.807, 2.05) is 30.3 Å². The second-order valence-electron chi connectivity index (χ2n) is 7.89. The molecule has 8 nitrogen and oxygen atoms in total. The van der Waals surface area contributed by atoms with Crippen molar-refractivity contribution in [2.24, 2.45) is 0 Å². The van der Waals surface area contributed by atoms with Gasteiger partial charge in [0.05, 0.1) is 18.8 Å². The van der Waals surface area contributed by atoms with Crippen LogP contribution in [0.25, 0.3) is 0 Å². The lowest BCUT2D eigenvalue weighted by Crippen LogP contribution is -2.56. The molecule has 1 aromatic rings. The monoisotopic (exact) mass is 419 g/mol. The molecule has 1 fully saturated rings. The third-order valence-corrected chi connectivity index (χ3v) is 4.05. The van der Waals surface area contributed by atoms with Crippen LogP contribution in [0.3, 0.4) is 0 Å². The Bertz CT molecular complexity index is 729. The summed E-state index contributed by atoms with van der Waals surface area (Å²) in [6, 6.07) is 8.59. The van der Waals surface area contributed by atoms with Crippen molar-refractivity contribution in [2.45, 2.75) is 65.3 Å². The summed E-state index contributed by atoms with van der Waals surface area (Å²) < 4.78 is 22.2. The Balaban J connectivity index is 2.18. The van der Waals surface area contributed by atoms with Gasteiger partial charge in [0.2, 0.25) is 5.91 Å². The summed E-state index contributed by atoms with van der Waals surface area (Å²) in [6.07, 6.45) is 0.945. The molecule has 0 bridgehead atoms. The molecule has 8 heteroatoms. The topological polar surface area (TPSA) is 91.4 Å². The van der Waals surface area contributed by atoms with Crippen LogP contribution < -0.4 is 0 Å². The van der Waals surface area contributed by atoms with Crippen LogP contribution in [-0.4, -0.2) is 53.5 Å². The highest BCUT2D eigenvalue weighted by Gasteiger charge is 2.42. The van der Waals surface area contributed by atoms with Crippen LogP contribution in [0.2, 0.25) is 0 Å². The number of rotatable bonds is 6. The minimum atomic E-state index is -0.966. The molecule has 164 valence electrons. The molecule has 1 aromatic carbocycles. The fourth-order valence-electron chi connectivity index (χ4n) is 2.79. The molecule has 2 radical (unpaired) electrons. The van der Waals surface area contributed by atoms with Gasteiger partial charge in [-0.3, -0.25) is 9.59 Å². The van der Waals surface area contributed by atoms with Crippen LogP contribution in [0.15, 0.2) is 30.3 Å². The van der Waals surface area contributed by atoms with Crippen molar-refractivity contribution in [1.82, 2.24) is 4.90 Å². The van der Waals surface area contributed by atoms with Crippen molar-refractivity contribution in [3.05, 3.63) is 48.7 Å². The largest absolute Gasteiger partial charge is 0.463 e. The Kier molecular flexibility index (Phi) is 8.37. The quantitative estimate of drug-likeness (QED) is 0.655. The van der Waals surface area contributed by atoms with Crippen molar-refractivity contribution in [1.29, 1.82) is 0 Å². The first-order valence-electron chi connectivity index (χ1n) is 9.72. The van der Waals surface area contributed by atoms with E-state index in [0.29, 0.717) is 0 Å². The molecule has 1 aliphatic heterocycles. The molecular formula is C22H29NO7. The average molecular weight is 419 g/mol. The lowest BCUT2D eigenvalue weighted by atomic mass is 10.0. The van der Waals surface area contributed by atoms with E-state index in [1.54, 1.807) is 33.6 Å². The van der Waals surface area contributed by atoms with Crippen LogP contribution in [0, 0.1) is 12.8 Å². The Labute approximate surface area is 177 Å². The number of carbonyl (C=O) groups excluding carboxylic acids is 3. The van der Waals surface area contributed by atoms with E-state index >= 15 is 0 Å². The predicted molar refractivity (Wildman–Crippen MR) is 108 cm³/mol. The van der Waals surface area contributed by atoms with Gasteiger partial charge in [-0.25, -0.2) is 9.69 Å². The highest BCUT2D eigenvalue weighted by atomic mass is 16.7. The zero-order valence-corrected chi connectivity index (χ0v) is 18.0. The number of carbonyl (C=O) groups is 3. The fourth-order valence-corrected chi connectivity index (χ4v) is 2.79. The van der Waals surface area contributed by atoms with Gasteiger partial charge < -0.3 is 18.9 Å². The second-order valence-corrected chi connectivity index (χ2v) is 7.89. The first-order valence-corrected chi connectivity index (χ1v) is 9.72. The van der Waals surface area contributed by atoms with Gasteiger partial charge in [-0.2, -0.15) is 0 Å². The lowest BCUT2D eigenvalue weighted by molar-refractivity contribution is -0.213. The molecule has 2 amide bonds. The van der Waals surface area contributed by atoms with Crippen LogP contribution in [-0.2, 0) is 35.1 Å². The van der Waals surface area contributed by atoms with E-state index in [0.717, 1.165) is 10.5 Å². The number of hydrogen-bond acceptors (Lipinski definition) is 7. The minimum absolute atomic E-state index is 0.00371. The fraction of sp³-hybridized carbons (Fsp3) is 0.500. The Morgan fingerprint density at radius 1 is 1.07 bits per heavy atom. The first kappa shape index (κ1) is 23.8. The maximum atomic E-state index is 12.7. The maximum Gasteiger partial charge on any atom is 0.417 e. The van der Waals surface area contributed by atoms with Crippen LogP contribution >= 0.6 is 0 Å². The molecule has 0 spiro atoms. The van der Waals surface area contributed by atoms with Gasteiger partial charge in [0.1, 0.15) is 12.2 Å². The van der Waals surface area contributed by atoms with Crippen molar-refractivity contribution in [2.75, 3.05) is 6.61 Å². The Morgan fingerprint density at radius 3 is 2.30 bits per heavy atom. The molecule has 0 N–H and O–H groups in total. The number of nitrogens with zero attached hydrogens (tertiary/aromatic N) is 1. The van der Waals surface area contributed by atoms with Crippen molar-refractivity contribution in [3.63, 3.8) is 0 Å². The van der Waals surface area contributed by atoms with Crippen LogP contribution in [0.5, 0.6) is 0 Å². The van der Waals surface area contributed by atoms with Gasteiger partial charge >= 0.3 is 12.1 Å². The third kappa shape index (κ3) is 7.42. The number of hydrogen-bond donors (Lipinski definition) is 0. The summed E-state index contributed by atoms with van der Waals surface area (Å²) in [4.78, 5) is 37.1. The molecule has 0 aliphatic carbocycles.